The highest BCUT2D eigenvalue weighted by Crippen LogP contribution is 2.23. The van der Waals surface area contributed by atoms with Gasteiger partial charge in [-0.3, -0.25) is 14.7 Å². The van der Waals surface area contributed by atoms with Crippen LogP contribution in [0.4, 0.5) is 17.6 Å². The van der Waals surface area contributed by atoms with Crippen LogP contribution in [0.5, 0.6) is 0 Å². The smallest absolute Gasteiger partial charge is 0.282 e. The van der Waals surface area contributed by atoms with E-state index in [2.05, 4.69) is 5.10 Å². The van der Waals surface area contributed by atoms with Gasteiger partial charge in [0.2, 0.25) is 5.78 Å². The van der Waals surface area contributed by atoms with Crippen molar-refractivity contribution in [3.05, 3.63) is 85.8 Å². The molecule has 0 saturated carbocycles. The number of hydrogen-bond acceptors (Lipinski definition) is 2. The predicted molar refractivity (Wildman–Crippen MR) is 90.3 cm³/mol. The lowest BCUT2D eigenvalue weighted by Crippen LogP contribution is -2.24. The number of carbonyl (C=O) groups excluding carboxylic acids is 1. The van der Waals surface area contributed by atoms with Crippen molar-refractivity contribution in [2.45, 2.75) is 20.8 Å². The van der Waals surface area contributed by atoms with E-state index in [1.165, 1.54) is 6.92 Å². The Bertz CT molecular complexity index is 1100. The zero-order chi connectivity index (χ0) is 20.0. The predicted octanol–water partition coefficient (Wildman–Crippen LogP) is 3.88. The fraction of sp³-hybridized carbons (Fsp3) is 0.158. The van der Waals surface area contributed by atoms with Crippen molar-refractivity contribution in [2.75, 3.05) is 0 Å². The number of aromatic amines is 1. The molecule has 0 unspecified atom stereocenters. The molecule has 3 aromatic rings. The summed E-state index contributed by atoms with van der Waals surface area (Å²) < 4.78 is 55.4. The monoisotopic (exact) mass is 378 g/mol. The highest BCUT2D eigenvalue weighted by Gasteiger charge is 2.28. The number of benzene rings is 2. The molecule has 0 bridgehead atoms. The quantitative estimate of drug-likeness (QED) is 0.427. The molecule has 0 aliphatic heterocycles. The summed E-state index contributed by atoms with van der Waals surface area (Å²) in [6, 6.07) is 5.14. The van der Waals surface area contributed by atoms with E-state index in [9.17, 15) is 27.2 Å². The Morgan fingerprint density at radius 2 is 1.44 bits per heavy atom. The maximum Gasteiger partial charge on any atom is 0.282 e. The topological polar surface area (TPSA) is 54.9 Å². The fourth-order valence-electron chi connectivity index (χ4n) is 3.03. The van der Waals surface area contributed by atoms with Crippen LogP contribution in [0.1, 0.15) is 32.7 Å². The van der Waals surface area contributed by atoms with Gasteiger partial charge in [0.1, 0.15) is 11.3 Å². The van der Waals surface area contributed by atoms with Crippen LogP contribution >= 0.6 is 0 Å². The minimum Gasteiger partial charge on any atom is -0.294 e. The fourth-order valence-corrected chi connectivity index (χ4v) is 3.03. The van der Waals surface area contributed by atoms with E-state index in [-0.39, 0.29) is 22.9 Å². The molecule has 2 aromatic carbocycles. The Hall–Kier alpha value is -3.16. The molecule has 0 aliphatic carbocycles. The lowest BCUT2D eigenvalue weighted by atomic mass is 9.95. The zero-order valence-electron chi connectivity index (χ0n) is 14.6. The Balaban J connectivity index is 2.27. The molecule has 0 atom stereocenters. The first-order valence-corrected chi connectivity index (χ1v) is 7.91. The Morgan fingerprint density at radius 3 is 1.96 bits per heavy atom. The van der Waals surface area contributed by atoms with E-state index in [1.807, 2.05) is 0 Å². The first kappa shape index (κ1) is 18.6. The molecule has 27 heavy (non-hydrogen) atoms. The number of carbonyl (C=O) groups is 1. The van der Waals surface area contributed by atoms with Gasteiger partial charge in [-0.1, -0.05) is 18.2 Å². The summed E-state index contributed by atoms with van der Waals surface area (Å²) in [5, 5.41) is 2.32. The second-order valence-corrected chi connectivity index (χ2v) is 6.17. The molecule has 1 heterocycles. The normalized spacial score (nSPS) is 11.1. The van der Waals surface area contributed by atoms with E-state index < -0.39 is 40.3 Å². The van der Waals surface area contributed by atoms with E-state index in [4.69, 9.17) is 0 Å². The number of ketones is 1. The summed E-state index contributed by atoms with van der Waals surface area (Å²) in [7, 11) is 0. The lowest BCUT2D eigenvalue weighted by Gasteiger charge is -2.07. The summed E-state index contributed by atoms with van der Waals surface area (Å²) >= 11 is 0. The van der Waals surface area contributed by atoms with Crippen molar-refractivity contribution in [1.29, 1.82) is 0 Å². The highest BCUT2D eigenvalue weighted by molar-refractivity contribution is 6.11. The second kappa shape index (κ2) is 6.53. The molecule has 3 rings (SSSR count). The van der Waals surface area contributed by atoms with Crippen LogP contribution in [-0.2, 0) is 0 Å². The van der Waals surface area contributed by atoms with Crippen molar-refractivity contribution in [3.8, 4) is 5.69 Å². The lowest BCUT2D eigenvalue weighted by molar-refractivity contribution is 0.103. The molecule has 1 aromatic heterocycles. The minimum absolute atomic E-state index is 0.0103. The van der Waals surface area contributed by atoms with Crippen molar-refractivity contribution in [1.82, 2.24) is 9.78 Å². The molecule has 0 saturated heterocycles. The number of H-pyrrole nitrogens is 1. The maximum absolute atomic E-state index is 14.1. The van der Waals surface area contributed by atoms with Gasteiger partial charge in [-0.2, -0.15) is 0 Å². The average molecular weight is 378 g/mol. The average Bonchev–Trinajstić information content (AvgIpc) is 2.87. The molecular formula is C19H14F4N2O2. The van der Waals surface area contributed by atoms with Crippen LogP contribution in [0, 0.1) is 44.0 Å². The number of nitrogens with zero attached hydrogens (tertiary/aromatic N) is 1. The summed E-state index contributed by atoms with van der Waals surface area (Å²) in [4.78, 5) is 25.6. The van der Waals surface area contributed by atoms with Crippen molar-refractivity contribution < 1.29 is 22.4 Å². The number of nitrogens with one attached hydrogen (secondary N) is 1. The Morgan fingerprint density at radius 1 is 0.926 bits per heavy atom. The van der Waals surface area contributed by atoms with Crippen LogP contribution < -0.4 is 5.56 Å². The first-order chi connectivity index (χ1) is 12.6. The SMILES string of the molecule is Cc1cccc(C)c1C(=O)c1c(C)[nH]n(-c2c(F)c(F)cc(F)c2F)c1=O. The third kappa shape index (κ3) is 2.87. The molecule has 0 aliphatic rings. The molecule has 0 amide bonds. The van der Waals surface area contributed by atoms with Gasteiger partial charge in [-0.25, -0.2) is 22.2 Å². The molecule has 0 radical (unpaired) electrons. The summed E-state index contributed by atoms with van der Waals surface area (Å²) in [5.74, 6) is -7.47. The van der Waals surface area contributed by atoms with E-state index in [1.54, 1.807) is 32.0 Å². The van der Waals surface area contributed by atoms with Gasteiger partial charge in [-0.15, -0.1) is 0 Å². The van der Waals surface area contributed by atoms with Crippen LogP contribution in [0.25, 0.3) is 5.69 Å². The first-order valence-electron chi connectivity index (χ1n) is 7.91. The van der Waals surface area contributed by atoms with Crippen molar-refractivity contribution in [3.63, 3.8) is 0 Å². The largest absolute Gasteiger partial charge is 0.294 e. The van der Waals surface area contributed by atoms with Gasteiger partial charge < -0.3 is 0 Å². The zero-order valence-corrected chi connectivity index (χ0v) is 14.6. The van der Waals surface area contributed by atoms with Gasteiger partial charge in [0.25, 0.3) is 5.56 Å². The number of aromatic nitrogens is 2. The molecule has 0 spiro atoms. The van der Waals surface area contributed by atoms with Crippen molar-refractivity contribution >= 4 is 5.78 Å². The number of hydrogen-bond donors (Lipinski definition) is 1. The number of rotatable bonds is 3. The van der Waals surface area contributed by atoms with Gasteiger partial charge in [0.15, 0.2) is 23.3 Å². The molecule has 1 N–H and O–H groups in total. The van der Waals surface area contributed by atoms with Crippen LogP contribution in [-0.4, -0.2) is 15.6 Å². The molecule has 4 nitrogen and oxygen atoms in total. The summed E-state index contributed by atoms with van der Waals surface area (Å²) in [6.07, 6.45) is 0. The van der Waals surface area contributed by atoms with E-state index >= 15 is 0 Å². The second-order valence-electron chi connectivity index (χ2n) is 6.17. The summed E-state index contributed by atoms with van der Waals surface area (Å²) in [6.45, 7) is 4.72. The van der Waals surface area contributed by atoms with Crippen molar-refractivity contribution in [2.24, 2.45) is 0 Å². The Kier molecular flexibility index (Phi) is 4.51. The van der Waals surface area contributed by atoms with Gasteiger partial charge in [-0.05, 0) is 31.9 Å². The molecule has 8 heteroatoms. The molecule has 0 fully saturated rings. The van der Waals surface area contributed by atoms with E-state index in [0.29, 0.717) is 15.8 Å². The highest BCUT2D eigenvalue weighted by atomic mass is 19.2. The molecular weight excluding hydrogens is 364 g/mol. The maximum atomic E-state index is 14.1. The van der Waals surface area contributed by atoms with Gasteiger partial charge >= 0.3 is 0 Å². The number of halogens is 4. The molecule has 140 valence electrons. The van der Waals surface area contributed by atoms with Gasteiger partial charge in [0, 0.05) is 17.3 Å². The third-order valence-corrected chi connectivity index (χ3v) is 4.32. The number of aryl methyl sites for hydroxylation is 3. The third-order valence-electron chi connectivity index (χ3n) is 4.32. The van der Waals surface area contributed by atoms with Crippen LogP contribution in [0.2, 0.25) is 0 Å². The van der Waals surface area contributed by atoms with Crippen LogP contribution in [0.3, 0.4) is 0 Å². The van der Waals surface area contributed by atoms with E-state index in [0.717, 1.165) is 0 Å². The Labute approximate surface area is 151 Å². The summed E-state index contributed by atoms with van der Waals surface area (Å²) in [5.41, 5.74) is -1.22. The standard InChI is InChI=1S/C19H14F4N2O2/c1-8-5-4-6-9(2)13(8)18(26)14-10(3)24-25(19(14)27)17-15(22)11(20)7-12(21)16(17)23/h4-7,24H,1-3H3. The van der Waals surface area contributed by atoms with Gasteiger partial charge in [0.05, 0.1) is 0 Å². The van der Waals surface area contributed by atoms with Crippen LogP contribution in [0.15, 0.2) is 29.1 Å². The minimum atomic E-state index is -1.75.